The lowest BCUT2D eigenvalue weighted by Gasteiger charge is -2.23. The third-order valence-corrected chi connectivity index (χ3v) is 6.45. The Kier molecular flexibility index (Phi) is 7.02. The Morgan fingerprint density at radius 3 is 2.50 bits per heavy atom. The molecule has 0 radical (unpaired) electrons. The number of carbonyl (C=O) groups is 2. The summed E-state index contributed by atoms with van der Waals surface area (Å²) in [6, 6.07) is 17.1. The van der Waals surface area contributed by atoms with Crippen molar-refractivity contribution in [1.29, 1.82) is 0 Å². The first-order chi connectivity index (χ1) is 18.3. The maximum absolute atomic E-state index is 13.9. The van der Waals surface area contributed by atoms with Crippen molar-refractivity contribution in [3.63, 3.8) is 0 Å². The van der Waals surface area contributed by atoms with Gasteiger partial charge in [0.2, 0.25) is 12.7 Å². The van der Waals surface area contributed by atoms with Gasteiger partial charge in [0.1, 0.15) is 5.82 Å². The number of amides is 2. The van der Waals surface area contributed by atoms with Gasteiger partial charge in [-0.1, -0.05) is 0 Å². The standard InChI is InChI=1S/C29H29FN4O4/c1-18(35)34(14-4-13-33(2)3)22-9-7-21(8-10-22)31-28(19-5-12-25-26(15-19)38-17-37-25)27-23-11-6-20(30)16-24(23)32-29(27)36/h5-12,15-16,31H,4,13-14,17H2,1-3H3,(H,32,36)/b28-27-. The largest absolute Gasteiger partial charge is 0.454 e. The van der Waals surface area contributed by atoms with Gasteiger partial charge < -0.3 is 29.9 Å². The molecule has 0 saturated heterocycles. The third-order valence-electron chi connectivity index (χ3n) is 6.45. The van der Waals surface area contributed by atoms with Crippen LogP contribution in [0.1, 0.15) is 24.5 Å². The van der Waals surface area contributed by atoms with Crippen molar-refractivity contribution in [2.45, 2.75) is 13.3 Å². The summed E-state index contributed by atoms with van der Waals surface area (Å²) in [5.74, 6) is 0.397. The molecule has 0 aromatic heterocycles. The van der Waals surface area contributed by atoms with Crippen molar-refractivity contribution < 1.29 is 23.5 Å². The van der Waals surface area contributed by atoms with E-state index in [1.165, 1.54) is 12.1 Å². The molecule has 0 bridgehead atoms. The Morgan fingerprint density at radius 2 is 1.76 bits per heavy atom. The summed E-state index contributed by atoms with van der Waals surface area (Å²) in [7, 11) is 4.01. The zero-order chi connectivity index (χ0) is 26.8. The van der Waals surface area contributed by atoms with Crippen LogP contribution in [0.15, 0.2) is 60.7 Å². The summed E-state index contributed by atoms with van der Waals surface area (Å²) in [5, 5.41) is 6.15. The fraction of sp³-hybridized carbons (Fsp3) is 0.241. The molecular formula is C29H29FN4O4. The summed E-state index contributed by atoms with van der Waals surface area (Å²) in [4.78, 5) is 29.3. The molecule has 0 fully saturated rings. The fourth-order valence-corrected chi connectivity index (χ4v) is 4.61. The van der Waals surface area contributed by atoms with Gasteiger partial charge in [-0.15, -0.1) is 0 Å². The van der Waals surface area contributed by atoms with Gasteiger partial charge in [0.15, 0.2) is 11.5 Å². The van der Waals surface area contributed by atoms with Crippen LogP contribution in [0.5, 0.6) is 11.5 Å². The number of carbonyl (C=O) groups excluding carboxylic acids is 2. The minimum Gasteiger partial charge on any atom is -0.454 e. The van der Waals surface area contributed by atoms with Gasteiger partial charge >= 0.3 is 0 Å². The highest BCUT2D eigenvalue weighted by molar-refractivity contribution is 6.37. The van der Waals surface area contributed by atoms with Crippen molar-refractivity contribution in [3.05, 3.63) is 77.6 Å². The molecule has 196 valence electrons. The third kappa shape index (κ3) is 5.19. The second kappa shape index (κ2) is 10.5. The summed E-state index contributed by atoms with van der Waals surface area (Å²) >= 11 is 0. The van der Waals surface area contributed by atoms with Gasteiger partial charge in [0, 0.05) is 36.0 Å². The fourth-order valence-electron chi connectivity index (χ4n) is 4.61. The Hall–Kier alpha value is -4.37. The number of nitrogens with one attached hydrogen (secondary N) is 2. The van der Waals surface area contributed by atoms with Gasteiger partial charge in [0.25, 0.3) is 5.91 Å². The molecule has 3 aromatic rings. The topological polar surface area (TPSA) is 83.1 Å². The van der Waals surface area contributed by atoms with Crippen molar-refractivity contribution in [3.8, 4) is 11.5 Å². The van der Waals surface area contributed by atoms with E-state index < -0.39 is 5.82 Å². The minimum atomic E-state index is -0.431. The molecule has 2 heterocycles. The van der Waals surface area contributed by atoms with E-state index in [1.807, 2.05) is 50.5 Å². The van der Waals surface area contributed by atoms with E-state index in [1.54, 1.807) is 24.0 Å². The van der Waals surface area contributed by atoms with E-state index in [0.29, 0.717) is 51.8 Å². The average Bonchev–Trinajstić information content (AvgIpc) is 3.48. The van der Waals surface area contributed by atoms with E-state index in [-0.39, 0.29) is 18.6 Å². The molecule has 0 aliphatic carbocycles. The van der Waals surface area contributed by atoms with E-state index in [0.717, 1.165) is 18.7 Å². The maximum atomic E-state index is 13.9. The lowest BCUT2D eigenvalue weighted by atomic mass is 9.99. The average molecular weight is 517 g/mol. The van der Waals surface area contributed by atoms with Crippen LogP contribution in [0.25, 0.3) is 11.3 Å². The number of benzene rings is 3. The van der Waals surface area contributed by atoms with Gasteiger partial charge in [-0.2, -0.15) is 0 Å². The summed E-state index contributed by atoms with van der Waals surface area (Å²) in [5.41, 5.74) is 4.14. The highest BCUT2D eigenvalue weighted by Gasteiger charge is 2.29. The van der Waals surface area contributed by atoms with Crippen LogP contribution in [0.4, 0.5) is 21.5 Å². The maximum Gasteiger partial charge on any atom is 0.258 e. The number of anilines is 3. The molecule has 0 atom stereocenters. The Labute approximate surface area is 220 Å². The number of halogens is 1. The first kappa shape index (κ1) is 25.3. The molecule has 2 aliphatic heterocycles. The van der Waals surface area contributed by atoms with Gasteiger partial charge in [-0.25, -0.2) is 4.39 Å². The predicted molar refractivity (Wildman–Crippen MR) is 146 cm³/mol. The summed E-state index contributed by atoms with van der Waals surface area (Å²) < 4.78 is 24.9. The molecule has 3 aromatic carbocycles. The first-order valence-electron chi connectivity index (χ1n) is 12.4. The lowest BCUT2D eigenvalue weighted by Crippen LogP contribution is -2.31. The molecule has 5 rings (SSSR count). The molecule has 38 heavy (non-hydrogen) atoms. The Morgan fingerprint density at radius 1 is 1.00 bits per heavy atom. The monoisotopic (exact) mass is 516 g/mol. The summed E-state index contributed by atoms with van der Waals surface area (Å²) in [6.45, 7) is 3.18. The number of hydrogen-bond donors (Lipinski definition) is 2. The van der Waals surface area contributed by atoms with Crippen LogP contribution in [-0.2, 0) is 9.59 Å². The quantitative estimate of drug-likeness (QED) is 0.419. The number of hydrogen-bond acceptors (Lipinski definition) is 6. The van der Waals surface area contributed by atoms with Gasteiger partial charge in [-0.3, -0.25) is 9.59 Å². The second-order valence-electron chi connectivity index (χ2n) is 9.46. The molecular weight excluding hydrogens is 487 g/mol. The van der Waals surface area contributed by atoms with E-state index >= 15 is 0 Å². The molecule has 8 nitrogen and oxygen atoms in total. The highest BCUT2D eigenvalue weighted by Crippen LogP contribution is 2.41. The lowest BCUT2D eigenvalue weighted by molar-refractivity contribution is -0.116. The molecule has 2 amide bonds. The molecule has 2 N–H and O–H groups in total. The van der Waals surface area contributed by atoms with Crippen LogP contribution in [0.3, 0.4) is 0 Å². The SMILES string of the molecule is CC(=O)N(CCCN(C)C)c1ccc(N/C(=C2\C(=O)Nc3cc(F)ccc32)c2ccc3c(c2)OCO3)cc1. The van der Waals surface area contributed by atoms with Crippen LogP contribution in [-0.4, -0.2) is 50.7 Å². The summed E-state index contributed by atoms with van der Waals surface area (Å²) in [6.07, 6.45) is 0.849. The van der Waals surface area contributed by atoms with Gasteiger partial charge in [0.05, 0.1) is 17.0 Å². The predicted octanol–water partition coefficient (Wildman–Crippen LogP) is 4.79. The van der Waals surface area contributed by atoms with Crippen molar-refractivity contribution >= 4 is 40.1 Å². The van der Waals surface area contributed by atoms with Crippen LogP contribution >= 0.6 is 0 Å². The first-order valence-corrected chi connectivity index (χ1v) is 12.4. The number of nitrogens with zero attached hydrogens (tertiary/aromatic N) is 2. The van der Waals surface area contributed by atoms with Crippen molar-refractivity contribution in [1.82, 2.24) is 4.90 Å². The normalized spacial score (nSPS) is 14.8. The van der Waals surface area contributed by atoms with E-state index in [4.69, 9.17) is 9.47 Å². The van der Waals surface area contributed by atoms with Crippen LogP contribution in [0.2, 0.25) is 0 Å². The zero-order valence-corrected chi connectivity index (χ0v) is 21.5. The smallest absolute Gasteiger partial charge is 0.258 e. The highest BCUT2D eigenvalue weighted by atomic mass is 19.1. The van der Waals surface area contributed by atoms with Crippen LogP contribution < -0.4 is 25.0 Å². The molecule has 2 aliphatic rings. The molecule has 0 spiro atoms. The van der Waals surface area contributed by atoms with Crippen molar-refractivity contribution in [2.75, 3.05) is 49.5 Å². The number of rotatable bonds is 8. The number of fused-ring (bicyclic) bond motifs is 2. The second-order valence-corrected chi connectivity index (χ2v) is 9.46. The molecule has 0 saturated carbocycles. The Bertz CT molecular complexity index is 1420. The zero-order valence-electron chi connectivity index (χ0n) is 21.5. The van der Waals surface area contributed by atoms with E-state index in [9.17, 15) is 14.0 Å². The van der Waals surface area contributed by atoms with E-state index in [2.05, 4.69) is 15.5 Å². The minimum absolute atomic E-state index is 0.0286. The number of ether oxygens (including phenoxy) is 2. The van der Waals surface area contributed by atoms with Crippen LogP contribution in [0, 0.1) is 5.82 Å². The van der Waals surface area contributed by atoms with Gasteiger partial charge in [-0.05, 0) is 87.7 Å². The Balaban J connectivity index is 1.50. The molecule has 0 unspecified atom stereocenters. The van der Waals surface area contributed by atoms with Crippen molar-refractivity contribution in [2.24, 2.45) is 0 Å². The molecule has 9 heteroatoms.